The number of amides is 1. The predicted octanol–water partition coefficient (Wildman–Crippen LogP) is 2.22. The van der Waals surface area contributed by atoms with Gasteiger partial charge in [0.2, 0.25) is 0 Å². The van der Waals surface area contributed by atoms with E-state index in [1.54, 1.807) is 18.5 Å². The molecule has 0 aromatic carbocycles. The molecule has 0 bridgehead atoms. The van der Waals surface area contributed by atoms with Crippen LogP contribution in [0.25, 0.3) is 0 Å². The third kappa shape index (κ3) is 4.03. The van der Waals surface area contributed by atoms with E-state index in [1.165, 1.54) is 11.8 Å². The van der Waals surface area contributed by atoms with Gasteiger partial charge in [0.1, 0.15) is 5.69 Å². The van der Waals surface area contributed by atoms with Crippen molar-refractivity contribution in [3.05, 3.63) is 47.5 Å². The van der Waals surface area contributed by atoms with Crippen molar-refractivity contribution < 1.29 is 4.79 Å². The first-order chi connectivity index (χ1) is 9.69. The van der Waals surface area contributed by atoms with Gasteiger partial charge in [0.05, 0.1) is 0 Å². The Hall–Kier alpha value is -1.95. The number of rotatable bonds is 5. The van der Waals surface area contributed by atoms with E-state index in [4.69, 9.17) is 0 Å². The molecule has 1 amide bonds. The maximum Gasteiger partial charge on any atom is 0.270 e. The fourth-order valence-corrected chi connectivity index (χ4v) is 2.25. The quantitative estimate of drug-likeness (QED) is 0.675. The van der Waals surface area contributed by atoms with Gasteiger partial charge in [-0.1, -0.05) is 18.7 Å². The predicted molar refractivity (Wildman–Crippen MR) is 78.6 cm³/mol. The number of carbonyl (C=O) groups is 1. The molecule has 2 heterocycles. The van der Waals surface area contributed by atoms with E-state index in [0.29, 0.717) is 17.4 Å². The summed E-state index contributed by atoms with van der Waals surface area (Å²) in [4.78, 5) is 24.6. The Morgan fingerprint density at radius 2 is 2.05 bits per heavy atom. The minimum atomic E-state index is -0.190. The summed E-state index contributed by atoms with van der Waals surface area (Å²) in [5.41, 5.74) is 2.20. The van der Waals surface area contributed by atoms with Crippen molar-refractivity contribution in [3.63, 3.8) is 0 Å². The van der Waals surface area contributed by atoms with Crippen LogP contribution in [-0.2, 0) is 6.54 Å². The molecule has 2 rings (SSSR count). The molecule has 6 heteroatoms. The summed E-state index contributed by atoms with van der Waals surface area (Å²) in [6, 6.07) is 5.43. The van der Waals surface area contributed by atoms with E-state index in [9.17, 15) is 4.79 Å². The molecule has 0 unspecified atom stereocenters. The third-order valence-corrected chi connectivity index (χ3v) is 3.27. The molecule has 0 fully saturated rings. The molecule has 0 aliphatic carbocycles. The van der Waals surface area contributed by atoms with E-state index in [-0.39, 0.29) is 5.91 Å². The molecule has 0 radical (unpaired) electrons. The maximum absolute atomic E-state index is 12.1. The number of pyridine rings is 1. The summed E-state index contributed by atoms with van der Waals surface area (Å²) in [6.45, 7) is 4.35. The van der Waals surface area contributed by atoms with Crippen LogP contribution in [0.15, 0.2) is 35.7 Å². The topological polar surface area (TPSA) is 67.8 Å². The van der Waals surface area contributed by atoms with Gasteiger partial charge in [0.25, 0.3) is 5.91 Å². The zero-order chi connectivity index (χ0) is 14.4. The largest absolute Gasteiger partial charge is 0.347 e. The fraction of sp³-hybridized carbons (Fsp3) is 0.286. The molecule has 0 saturated heterocycles. The number of aromatic nitrogens is 3. The highest BCUT2D eigenvalue weighted by atomic mass is 32.2. The van der Waals surface area contributed by atoms with Gasteiger partial charge in [-0.3, -0.25) is 9.78 Å². The Balaban J connectivity index is 2.05. The number of carbonyl (C=O) groups excluding carboxylic acids is 1. The highest BCUT2D eigenvalue weighted by molar-refractivity contribution is 7.99. The van der Waals surface area contributed by atoms with Gasteiger partial charge in [0.15, 0.2) is 5.16 Å². The van der Waals surface area contributed by atoms with Gasteiger partial charge in [0, 0.05) is 24.6 Å². The number of hydrogen-bond acceptors (Lipinski definition) is 5. The van der Waals surface area contributed by atoms with E-state index in [0.717, 1.165) is 17.0 Å². The smallest absolute Gasteiger partial charge is 0.270 e. The summed E-state index contributed by atoms with van der Waals surface area (Å²) in [5, 5.41) is 3.49. The molecule has 2 aromatic heterocycles. The van der Waals surface area contributed by atoms with Gasteiger partial charge in [-0.2, -0.15) is 0 Å². The molecule has 0 aliphatic rings. The number of aryl methyl sites for hydroxylation is 1. The van der Waals surface area contributed by atoms with Crippen LogP contribution in [0, 0.1) is 6.92 Å². The van der Waals surface area contributed by atoms with E-state index in [2.05, 4.69) is 20.3 Å². The number of thioether (sulfide) groups is 1. The van der Waals surface area contributed by atoms with Crippen LogP contribution in [0.4, 0.5) is 0 Å². The summed E-state index contributed by atoms with van der Waals surface area (Å²) >= 11 is 1.53. The van der Waals surface area contributed by atoms with Crippen LogP contribution in [0.2, 0.25) is 0 Å². The highest BCUT2D eigenvalue weighted by Gasteiger charge is 2.10. The Kier molecular flexibility index (Phi) is 5.06. The van der Waals surface area contributed by atoms with Crippen LogP contribution in [0.3, 0.4) is 0 Å². The molecule has 0 spiro atoms. The minimum absolute atomic E-state index is 0.190. The van der Waals surface area contributed by atoms with Crippen molar-refractivity contribution in [2.75, 3.05) is 5.75 Å². The van der Waals surface area contributed by atoms with E-state index < -0.39 is 0 Å². The lowest BCUT2D eigenvalue weighted by atomic mass is 10.2. The lowest BCUT2D eigenvalue weighted by Gasteiger charge is -2.06. The van der Waals surface area contributed by atoms with Crippen molar-refractivity contribution in [1.82, 2.24) is 20.3 Å². The maximum atomic E-state index is 12.1. The summed E-state index contributed by atoms with van der Waals surface area (Å²) < 4.78 is 0. The first kappa shape index (κ1) is 14.5. The molecule has 0 aliphatic heterocycles. The van der Waals surface area contributed by atoms with Crippen molar-refractivity contribution in [3.8, 4) is 0 Å². The molecule has 5 nitrogen and oxygen atoms in total. The molecule has 0 atom stereocenters. The van der Waals surface area contributed by atoms with Crippen molar-refractivity contribution >= 4 is 17.7 Å². The molecule has 20 heavy (non-hydrogen) atoms. The van der Waals surface area contributed by atoms with Crippen LogP contribution < -0.4 is 5.32 Å². The number of nitrogens with one attached hydrogen (secondary N) is 1. The number of nitrogens with zero attached hydrogens (tertiary/aromatic N) is 3. The Labute approximate surface area is 122 Å². The van der Waals surface area contributed by atoms with Gasteiger partial charge < -0.3 is 5.32 Å². The SMILES string of the molecule is CCSc1nc(C)cc(C(=O)NCc2ccncc2)n1. The van der Waals surface area contributed by atoms with E-state index in [1.807, 2.05) is 26.0 Å². The zero-order valence-electron chi connectivity index (χ0n) is 11.5. The molecule has 1 N–H and O–H groups in total. The van der Waals surface area contributed by atoms with Crippen molar-refractivity contribution in [2.24, 2.45) is 0 Å². The molecule has 104 valence electrons. The third-order valence-electron chi connectivity index (χ3n) is 2.54. The summed E-state index contributed by atoms with van der Waals surface area (Å²) in [7, 11) is 0. The normalized spacial score (nSPS) is 10.3. The second-order valence-electron chi connectivity index (χ2n) is 4.15. The molecular weight excluding hydrogens is 272 g/mol. The van der Waals surface area contributed by atoms with Crippen LogP contribution >= 0.6 is 11.8 Å². The Morgan fingerprint density at radius 1 is 1.30 bits per heavy atom. The summed E-state index contributed by atoms with van der Waals surface area (Å²) in [5.74, 6) is 0.687. The first-order valence-electron chi connectivity index (χ1n) is 6.34. The van der Waals surface area contributed by atoms with Gasteiger partial charge in [-0.25, -0.2) is 9.97 Å². The lowest BCUT2D eigenvalue weighted by molar-refractivity contribution is 0.0945. The minimum Gasteiger partial charge on any atom is -0.347 e. The van der Waals surface area contributed by atoms with Crippen LogP contribution in [0.5, 0.6) is 0 Å². The van der Waals surface area contributed by atoms with Crippen molar-refractivity contribution in [2.45, 2.75) is 25.5 Å². The zero-order valence-corrected chi connectivity index (χ0v) is 12.3. The average Bonchev–Trinajstić information content (AvgIpc) is 2.45. The fourth-order valence-electron chi connectivity index (χ4n) is 1.62. The highest BCUT2D eigenvalue weighted by Crippen LogP contribution is 2.13. The average molecular weight is 288 g/mol. The Morgan fingerprint density at radius 3 is 2.75 bits per heavy atom. The monoisotopic (exact) mass is 288 g/mol. The van der Waals surface area contributed by atoms with E-state index >= 15 is 0 Å². The standard InChI is InChI=1S/C14H16N4OS/c1-3-20-14-17-10(2)8-12(18-14)13(19)16-9-11-4-6-15-7-5-11/h4-8H,3,9H2,1-2H3,(H,16,19). The van der Waals surface area contributed by atoms with Gasteiger partial charge in [-0.15, -0.1) is 0 Å². The second kappa shape index (κ2) is 7.00. The second-order valence-corrected chi connectivity index (χ2v) is 5.38. The molecule has 2 aromatic rings. The molecule has 0 saturated carbocycles. The first-order valence-corrected chi connectivity index (χ1v) is 7.33. The number of hydrogen-bond donors (Lipinski definition) is 1. The van der Waals surface area contributed by atoms with Crippen LogP contribution in [0.1, 0.15) is 28.7 Å². The van der Waals surface area contributed by atoms with Gasteiger partial charge >= 0.3 is 0 Å². The lowest BCUT2D eigenvalue weighted by Crippen LogP contribution is -2.24. The van der Waals surface area contributed by atoms with Gasteiger partial charge in [-0.05, 0) is 36.4 Å². The van der Waals surface area contributed by atoms with Crippen molar-refractivity contribution in [1.29, 1.82) is 0 Å². The van der Waals surface area contributed by atoms with Crippen LogP contribution in [-0.4, -0.2) is 26.6 Å². The Bertz CT molecular complexity index is 589. The summed E-state index contributed by atoms with van der Waals surface area (Å²) in [6.07, 6.45) is 3.40. The molecular formula is C14H16N4OS.